The minimum absolute atomic E-state index is 0.0531. The number of carbonyl (C=O) groups is 1. The van der Waals surface area contributed by atoms with E-state index in [0.29, 0.717) is 5.78 Å². The van der Waals surface area contributed by atoms with Gasteiger partial charge in [-0.1, -0.05) is 0 Å². The molecule has 0 aromatic rings. The molecule has 0 bridgehead atoms. The van der Waals surface area contributed by atoms with Crippen LogP contribution in [0.5, 0.6) is 0 Å². The summed E-state index contributed by atoms with van der Waals surface area (Å²) < 4.78 is 0. The summed E-state index contributed by atoms with van der Waals surface area (Å²) in [6, 6.07) is 0.0531. The fourth-order valence-corrected chi connectivity index (χ4v) is 2.66. The molecule has 92 valence electrons. The minimum Gasteiger partial charge on any atom is -0.316 e. The second kappa shape index (κ2) is 5.75. The van der Waals surface area contributed by atoms with Gasteiger partial charge in [0.25, 0.3) is 0 Å². The molecule has 0 amide bonds. The van der Waals surface area contributed by atoms with E-state index in [1.54, 1.807) is 0 Å². The molecule has 0 saturated carbocycles. The number of rotatable bonds is 2. The van der Waals surface area contributed by atoms with Gasteiger partial charge in [0.1, 0.15) is 0 Å². The van der Waals surface area contributed by atoms with E-state index in [0.717, 1.165) is 52.0 Å². The van der Waals surface area contributed by atoms with Crippen LogP contribution >= 0.6 is 0 Å². The van der Waals surface area contributed by atoms with Crippen molar-refractivity contribution in [1.82, 2.24) is 15.5 Å². The van der Waals surface area contributed by atoms with Gasteiger partial charge >= 0.3 is 0 Å². The summed E-state index contributed by atoms with van der Waals surface area (Å²) in [7, 11) is 2.10. The van der Waals surface area contributed by atoms with E-state index in [4.69, 9.17) is 0 Å². The van der Waals surface area contributed by atoms with Gasteiger partial charge in [-0.3, -0.25) is 4.79 Å². The molecule has 2 saturated heterocycles. The molecule has 16 heavy (non-hydrogen) atoms. The van der Waals surface area contributed by atoms with E-state index in [-0.39, 0.29) is 12.0 Å². The second-order valence-corrected chi connectivity index (χ2v) is 5.07. The van der Waals surface area contributed by atoms with E-state index >= 15 is 0 Å². The van der Waals surface area contributed by atoms with Crippen LogP contribution in [0, 0.1) is 5.92 Å². The molecule has 0 spiro atoms. The summed E-state index contributed by atoms with van der Waals surface area (Å²) in [5.74, 6) is 0.652. The highest BCUT2D eigenvalue weighted by Crippen LogP contribution is 2.14. The molecule has 4 nitrogen and oxygen atoms in total. The third-order valence-corrected chi connectivity index (χ3v) is 3.64. The first-order valence-electron chi connectivity index (χ1n) is 6.44. The molecule has 0 aliphatic carbocycles. The summed E-state index contributed by atoms with van der Waals surface area (Å²) in [6.07, 6.45) is 3.34. The number of carbonyl (C=O) groups excluding carboxylic acids is 1. The maximum absolute atomic E-state index is 12.3. The van der Waals surface area contributed by atoms with Crippen LogP contribution in [0.3, 0.4) is 0 Å². The normalized spacial score (nSPS) is 33.3. The van der Waals surface area contributed by atoms with E-state index in [9.17, 15) is 4.79 Å². The Labute approximate surface area is 97.8 Å². The average Bonchev–Trinajstić information content (AvgIpc) is 2.54. The molecule has 2 unspecified atom stereocenters. The molecular weight excluding hydrogens is 202 g/mol. The van der Waals surface area contributed by atoms with Crippen molar-refractivity contribution in [2.75, 3.05) is 39.8 Å². The van der Waals surface area contributed by atoms with Crippen molar-refractivity contribution in [2.24, 2.45) is 5.92 Å². The number of hydrogen-bond acceptors (Lipinski definition) is 4. The monoisotopic (exact) mass is 225 g/mol. The van der Waals surface area contributed by atoms with Crippen molar-refractivity contribution in [2.45, 2.75) is 25.3 Å². The third-order valence-electron chi connectivity index (χ3n) is 3.64. The van der Waals surface area contributed by atoms with E-state index in [1.165, 1.54) is 0 Å². The molecule has 0 radical (unpaired) electrons. The van der Waals surface area contributed by atoms with Crippen LogP contribution in [-0.4, -0.2) is 56.5 Å². The predicted octanol–water partition coefficient (Wildman–Crippen LogP) is -0.151. The number of piperidine rings is 1. The van der Waals surface area contributed by atoms with Gasteiger partial charge < -0.3 is 15.5 Å². The Morgan fingerprint density at radius 3 is 2.94 bits per heavy atom. The second-order valence-electron chi connectivity index (χ2n) is 5.07. The Bertz CT molecular complexity index is 238. The van der Waals surface area contributed by atoms with Crippen LogP contribution in [0.4, 0.5) is 0 Å². The van der Waals surface area contributed by atoms with Gasteiger partial charge in [0.05, 0.1) is 6.04 Å². The first-order chi connectivity index (χ1) is 7.77. The van der Waals surface area contributed by atoms with Crippen LogP contribution in [0.15, 0.2) is 0 Å². The Hall–Kier alpha value is -0.450. The average molecular weight is 225 g/mol. The van der Waals surface area contributed by atoms with Crippen molar-refractivity contribution in [3.63, 3.8) is 0 Å². The Morgan fingerprint density at radius 2 is 2.19 bits per heavy atom. The number of nitrogens with zero attached hydrogens (tertiary/aromatic N) is 1. The number of likely N-dealkylation sites (N-methyl/N-ethyl adjacent to an activating group) is 1. The maximum atomic E-state index is 12.3. The molecule has 2 fully saturated rings. The molecule has 2 rings (SSSR count). The molecule has 2 N–H and O–H groups in total. The Kier molecular flexibility index (Phi) is 4.32. The summed E-state index contributed by atoms with van der Waals surface area (Å²) in [6.45, 7) is 4.89. The Balaban J connectivity index is 1.91. The molecular formula is C12H23N3O. The van der Waals surface area contributed by atoms with Gasteiger partial charge in [0.15, 0.2) is 5.78 Å². The van der Waals surface area contributed by atoms with Crippen LogP contribution in [0.25, 0.3) is 0 Å². The number of hydrogen-bond donors (Lipinski definition) is 2. The van der Waals surface area contributed by atoms with Crippen molar-refractivity contribution in [3.05, 3.63) is 0 Å². The van der Waals surface area contributed by atoms with Crippen molar-refractivity contribution in [1.29, 1.82) is 0 Å². The molecule has 2 aliphatic rings. The highest BCUT2D eigenvalue weighted by Gasteiger charge is 2.29. The zero-order chi connectivity index (χ0) is 11.4. The van der Waals surface area contributed by atoms with Gasteiger partial charge in [-0.05, 0) is 45.9 Å². The highest BCUT2D eigenvalue weighted by atomic mass is 16.1. The van der Waals surface area contributed by atoms with Crippen LogP contribution < -0.4 is 10.6 Å². The molecule has 2 aliphatic heterocycles. The first-order valence-corrected chi connectivity index (χ1v) is 6.44. The number of nitrogens with one attached hydrogen (secondary N) is 2. The standard InChI is InChI=1S/C12H23N3O/c1-15-7-3-6-14-11(9-15)12(16)10-4-2-5-13-8-10/h10-11,13-14H,2-9H2,1H3. The first kappa shape index (κ1) is 12.0. The zero-order valence-corrected chi connectivity index (χ0v) is 10.2. The SMILES string of the molecule is CN1CCCNC(C(=O)C2CCCNC2)C1. The van der Waals surface area contributed by atoms with Gasteiger partial charge in [-0.25, -0.2) is 0 Å². The lowest BCUT2D eigenvalue weighted by molar-refractivity contribution is -0.125. The largest absolute Gasteiger partial charge is 0.316 e. The maximum Gasteiger partial charge on any atom is 0.155 e. The smallest absolute Gasteiger partial charge is 0.155 e. The van der Waals surface area contributed by atoms with E-state index in [1.807, 2.05) is 0 Å². The lowest BCUT2D eigenvalue weighted by atomic mass is 9.91. The fraction of sp³-hybridized carbons (Fsp3) is 0.917. The summed E-state index contributed by atoms with van der Waals surface area (Å²) >= 11 is 0. The molecule has 2 atom stereocenters. The van der Waals surface area contributed by atoms with Crippen LogP contribution in [0.2, 0.25) is 0 Å². The van der Waals surface area contributed by atoms with E-state index < -0.39 is 0 Å². The van der Waals surface area contributed by atoms with Gasteiger partial charge in [-0.2, -0.15) is 0 Å². The fourth-order valence-electron chi connectivity index (χ4n) is 2.66. The summed E-state index contributed by atoms with van der Waals surface area (Å²) in [4.78, 5) is 14.6. The number of ketones is 1. The topological polar surface area (TPSA) is 44.4 Å². The van der Waals surface area contributed by atoms with Gasteiger partial charge in [0.2, 0.25) is 0 Å². The zero-order valence-electron chi connectivity index (χ0n) is 10.2. The molecule has 0 aromatic heterocycles. The summed E-state index contributed by atoms with van der Waals surface area (Å²) in [5.41, 5.74) is 0. The minimum atomic E-state index is 0.0531. The quantitative estimate of drug-likeness (QED) is 0.686. The van der Waals surface area contributed by atoms with Crippen LogP contribution in [-0.2, 0) is 4.79 Å². The molecule has 2 heterocycles. The van der Waals surface area contributed by atoms with Crippen molar-refractivity contribution < 1.29 is 4.79 Å². The lowest BCUT2D eigenvalue weighted by Gasteiger charge is -2.27. The van der Waals surface area contributed by atoms with E-state index in [2.05, 4.69) is 22.6 Å². The van der Waals surface area contributed by atoms with Crippen molar-refractivity contribution >= 4 is 5.78 Å². The third kappa shape index (κ3) is 3.03. The highest BCUT2D eigenvalue weighted by molar-refractivity contribution is 5.86. The Morgan fingerprint density at radius 1 is 1.31 bits per heavy atom. The summed E-state index contributed by atoms with van der Waals surface area (Å²) in [5, 5.41) is 6.71. The van der Waals surface area contributed by atoms with Crippen molar-refractivity contribution in [3.8, 4) is 0 Å². The molecule has 4 heteroatoms. The number of Topliss-reactive ketones (excluding diaryl/α,β-unsaturated/α-hetero) is 1. The van der Waals surface area contributed by atoms with Crippen LogP contribution in [0.1, 0.15) is 19.3 Å². The van der Waals surface area contributed by atoms with Gasteiger partial charge in [-0.15, -0.1) is 0 Å². The predicted molar refractivity (Wildman–Crippen MR) is 64.5 cm³/mol. The lowest BCUT2D eigenvalue weighted by Crippen LogP contribution is -2.48. The molecule has 0 aromatic carbocycles. The van der Waals surface area contributed by atoms with Gasteiger partial charge in [0, 0.05) is 19.0 Å².